The lowest BCUT2D eigenvalue weighted by atomic mass is 10.0. The van der Waals surface area contributed by atoms with E-state index in [-0.39, 0.29) is 10.5 Å². The second kappa shape index (κ2) is 9.32. The number of hydrogen-bond donors (Lipinski definition) is 0. The molecule has 1 heterocycles. The van der Waals surface area contributed by atoms with Crippen LogP contribution in [0.1, 0.15) is 15.9 Å². The SMILES string of the molecule is N#Cc1ccc(-c2ccc(OC(=O)c3ccc(S(=O)(=O)N4CCOCC4)cc3)cc2)cc1. The number of sulfonamides is 1. The summed E-state index contributed by atoms with van der Waals surface area (Å²) in [4.78, 5) is 12.6. The largest absolute Gasteiger partial charge is 0.423 e. The lowest BCUT2D eigenvalue weighted by molar-refractivity contribution is 0.0730. The van der Waals surface area contributed by atoms with Crippen LogP contribution in [0.5, 0.6) is 5.75 Å². The molecule has 0 N–H and O–H groups in total. The van der Waals surface area contributed by atoms with Gasteiger partial charge in [-0.15, -0.1) is 0 Å². The summed E-state index contributed by atoms with van der Waals surface area (Å²) in [6, 6.07) is 22.0. The molecule has 0 amide bonds. The van der Waals surface area contributed by atoms with E-state index < -0.39 is 16.0 Å². The molecule has 0 aromatic heterocycles. The number of ether oxygens (including phenoxy) is 2. The molecule has 0 radical (unpaired) electrons. The Morgan fingerprint density at radius 3 is 2.00 bits per heavy atom. The smallest absolute Gasteiger partial charge is 0.343 e. The van der Waals surface area contributed by atoms with Crippen LogP contribution in [0.25, 0.3) is 11.1 Å². The zero-order valence-corrected chi connectivity index (χ0v) is 17.9. The van der Waals surface area contributed by atoms with Crippen molar-refractivity contribution in [1.82, 2.24) is 4.31 Å². The van der Waals surface area contributed by atoms with Gasteiger partial charge < -0.3 is 9.47 Å². The van der Waals surface area contributed by atoms with Gasteiger partial charge in [-0.25, -0.2) is 13.2 Å². The van der Waals surface area contributed by atoms with E-state index in [1.54, 1.807) is 24.3 Å². The van der Waals surface area contributed by atoms with Gasteiger partial charge >= 0.3 is 5.97 Å². The van der Waals surface area contributed by atoms with E-state index in [9.17, 15) is 13.2 Å². The van der Waals surface area contributed by atoms with Crippen molar-refractivity contribution in [3.8, 4) is 22.9 Å². The molecular formula is C24H20N2O5S. The minimum atomic E-state index is -3.62. The van der Waals surface area contributed by atoms with Gasteiger partial charge in [-0.05, 0) is 59.7 Å². The maximum atomic E-state index is 12.7. The fourth-order valence-electron chi connectivity index (χ4n) is 3.32. The Morgan fingerprint density at radius 2 is 1.44 bits per heavy atom. The molecule has 1 aliphatic heterocycles. The third kappa shape index (κ3) is 4.70. The molecule has 32 heavy (non-hydrogen) atoms. The van der Waals surface area contributed by atoms with Gasteiger partial charge in [0.25, 0.3) is 0 Å². The van der Waals surface area contributed by atoms with Crippen molar-refractivity contribution < 1.29 is 22.7 Å². The second-order valence-electron chi connectivity index (χ2n) is 7.14. The Balaban J connectivity index is 1.43. The van der Waals surface area contributed by atoms with Crippen LogP contribution in [0, 0.1) is 11.3 Å². The molecule has 8 heteroatoms. The van der Waals surface area contributed by atoms with Crippen LogP contribution in [-0.2, 0) is 14.8 Å². The maximum absolute atomic E-state index is 12.7. The minimum absolute atomic E-state index is 0.128. The van der Waals surface area contributed by atoms with Crippen molar-refractivity contribution in [3.05, 3.63) is 83.9 Å². The van der Waals surface area contributed by atoms with Crippen LogP contribution in [0.2, 0.25) is 0 Å². The summed E-state index contributed by atoms with van der Waals surface area (Å²) >= 11 is 0. The monoisotopic (exact) mass is 448 g/mol. The van der Waals surface area contributed by atoms with Crippen molar-refractivity contribution >= 4 is 16.0 Å². The molecule has 0 atom stereocenters. The van der Waals surface area contributed by atoms with Crippen LogP contribution in [0.3, 0.4) is 0 Å². The van der Waals surface area contributed by atoms with Crippen molar-refractivity contribution in [2.75, 3.05) is 26.3 Å². The highest BCUT2D eigenvalue weighted by atomic mass is 32.2. The van der Waals surface area contributed by atoms with Crippen molar-refractivity contribution in [3.63, 3.8) is 0 Å². The maximum Gasteiger partial charge on any atom is 0.343 e. The fourth-order valence-corrected chi connectivity index (χ4v) is 4.73. The molecule has 4 rings (SSSR count). The molecule has 0 unspecified atom stereocenters. The lowest BCUT2D eigenvalue weighted by Crippen LogP contribution is -2.40. The molecule has 162 valence electrons. The van der Waals surface area contributed by atoms with Gasteiger partial charge in [0.1, 0.15) is 5.75 Å². The number of morpholine rings is 1. The Morgan fingerprint density at radius 1 is 0.875 bits per heavy atom. The van der Waals surface area contributed by atoms with Crippen LogP contribution in [0.15, 0.2) is 77.7 Å². The predicted octanol–water partition coefficient (Wildman–Crippen LogP) is 3.47. The first-order valence-electron chi connectivity index (χ1n) is 9.98. The van der Waals surface area contributed by atoms with E-state index >= 15 is 0 Å². The third-order valence-electron chi connectivity index (χ3n) is 5.11. The number of benzene rings is 3. The standard InChI is InChI=1S/C24H20N2O5S/c25-17-18-1-3-19(4-2-18)20-5-9-22(10-6-20)31-24(27)21-7-11-23(12-8-21)32(28,29)26-13-15-30-16-14-26/h1-12H,13-16H2. The number of esters is 1. The highest BCUT2D eigenvalue weighted by Crippen LogP contribution is 2.24. The molecule has 1 saturated heterocycles. The average Bonchev–Trinajstić information content (AvgIpc) is 2.85. The average molecular weight is 449 g/mol. The van der Waals surface area contributed by atoms with E-state index in [4.69, 9.17) is 14.7 Å². The Bertz CT molecular complexity index is 1240. The molecular weight excluding hydrogens is 428 g/mol. The van der Waals surface area contributed by atoms with Crippen LogP contribution >= 0.6 is 0 Å². The molecule has 7 nitrogen and oxygen atoms in total. The van der Waals surface area contributed by atoms with Gasteiger partial charge in [-0.1, -0.05) is 24.3 Å². The topological polar surface area (TPSA) is 96.7 Å². The van der Waals surface area contributed by atoms with Gasteiger partial charge in [0.15, 0.2) is 0 Å². The molecule has 3 aromatic rings. The second-order valence-corrected chi connectivity index (χ2v) is 9.08. The summed E-state index contributed by atoms with van der Waals surface area (Å²) in [5.41, 5.74) is 2.70. The number of carbonyl (C=O) groups is 1. The number of nitrogens with zero attached hydrogens (tertiary/aromatic N) is 2. The Hall–Kier alpha value is -3.51. The van der Waals surface area contributed by atoms with Crippen molar-refractivity contribution in [1.29, 1.82) is 5.26 Å². The third-order valence-corrected chi connectivity index (χ3v) is 7.02. The fraction of sp³-hybridized carbons (Fsp3) is 0.167. The van der Waals surface area contributed by atoms with Gasteiger partial charge in [-0.2, -0.15) is 9.57 Å². The number of nitriles is 1. The minimum Gasteiger partial charge on any atom is -0.423 e. The predicted molar refractivity (Wildman–Crippen MR) is 118 cm³/mol. The summed E-state index contributed by atoms with van der Waals surface area (Å²) in [6.45, 7) is 1.36. The van der Waals surface area contributed by atoms with Crippen LogP contribution < -0.4 is 4.74 Å². The normalized spacial score (nSPS) is 14.5. The highest BCUT2D eigenvalue weighted by Gasteiger charge is 2.26. The van der Waals surface area contributed by atoms with Crippen LogP contribution in [-0.4, -0.2) is 45.0 Å². The Kier molecular flexibility index (Phi) is 6.32. The zero-order valence-electron chi connectivity index (χ0n) is 17.1. The molecule has 0 spiro atoms. The first-order chi connectivity index (χ1) is 15.5. The molecule has 1 aliphatic rings. The van der Waals surface area contributed by atoms with Gasteiger partial charge in [0.2, 0.25) is 10.0 Å². The number of hydrogen-bond acceptors (Lipinski definition) is 6. The van der Waals surface area contributed by atoms with E-state index in [0.717, 1.165) is 11.1 Å². The lowest BCUT2D eigenvalue weighted by Gasteiger charge is -2.26. The first kappa shape index (κ1) is 21.7. The Labute approximate surface area is 186 Å². The van der Waals surface area contributed by atoms with E-state index in [0.29, 0.717) is 37.6 Å². The summed E-state index contributed by atoms with van der Waals surface area (Å²) < 4.78 is 37.4. The summed E-state index contributed by atoms with van der Waals surface area (Å²) in [7, 11) is -3.62. The number of carbonyl (C=O) groups excluding carboxylic acids is 1. The van der Waals surface area contributed by atoms with Crippen molar-refractivity contribution in [2.24, 2.45) is 0 Å². The van der Waals surface area contributed by atoms with Crippen molar-refractivity contribution in [2.45, 2.75) is 4.90 Å². The molecule has 0 aliphatic carbocycles. The number of rotatable bonds is 5. The van der Waals surface area contributed by atoms with E-state index in [2.05, 4.69) is 6.07 Å². The quantitative estimate of drug-likeness (QED) is 0.438. The van der Waals surface area contributed by atoms with Gasteiger partial charge in [-0.3, -0.25) is 0 Å². The summed E-state index contributed by atoms with van der Waals surface area (Å²) in [5, 5.41) is 8.89. The molecule has 0 bridgehead atoms. The van der Waals surface area contributed by atoms with Gasteiger partial charge in [0.05, 0.1) is 35.3 Å². The first-order valence-corrected chi connectivity index (χ1v) is 11.4. The highest BCUT2D eigenvalue weighted by molar-refractivity contribution is 7.89. The van der Waals surface area contributed by atoms with E-state index in [1.807, 2.05) is 24.3 Å². The molecule has 1 fully saturated rings. The van der Waals surface area contributed by atoms with E-state index in [1.165, 1.54) is 28.6 Å². The van der Waals surface area contributed by atoms with Gasteiger partial charge in [0, 0.05) is 13.1 Å². The zero-order chi connectivity index (χ0) is 22.6. The summed E-state index contributed by atoms with van der Waals surface area (Å²) in [5.74, 6) is -0.205. The molecule has 0 saturated carbocycles. The summed E-state index contributed by atoms with van der Waals surface area (Å²) in [6.07, 6.45) is 0. The van der Waals surface area contributed by atoms with Crippen LogP contribution in [0.4, 0.5) is 0 Å². The molecule has 3 aromatic carbocycles.